The molecule has 4 amide bonds. The number of anilines is 2. The molecule has 2 fully saturated rings. The largest absolute Gasteiger partial charge is 0.366 e. The fraction of sp³-hybridized carbons (Fsp3) is 0.333. The lowest BCUT2D eigenvalue weighted by molar-refractivity contribution is -0.136. The van der Waals surface area contributed by atoms with Crippen LogP contribution in [0.15, 0.2) is 30.7 Å². The first kappa shape index (κ1) is 20.0. The average molecular weight is 438 g/mol. The number of nitrogens with zero attached hydrogens (tertiary/aromatic N) is 5. The van der Waals surface area contributed by atoms with Crippen molar-refractivity contribution in [2.45, 2.75) is 18.9 Å². The Morgan fingerprint density at radius 3 is 2.28 bits per heavy atom. The maximum Gasteiger partial charge on any atom is 0.262 e. The van der Waals surface area contributed by atoms with E-state index in [1.807, 2.05) is 9.80 Å². The van der Waals surface area contributed by atoms with Crippen LogP contribution in [-0.4, -0.2) is 70.7 Å². The second kappa shape index (κ2) is 7.66. The summed E-state index contributed by atoms with van der Waals surface area (Å²) in [4.78, 5) is 62.4. The molecule has 2 aromatic rings. The van der Waals surface area contributed by atoms with Crippen molar-refractivity contribution in [3.8, 4) is 0 Å². The van der Waals surface area contributed by atoms with Crippen LogP contribution < -0.4 is 15.1 Å². The van der Waals surface area contributed by atoms with Crippen LogP contribution >= 0.6 is 0 Å². The molecule has 0 saturated carbocycles. The molecule has 11 heteroatoms. The number of hydrogen-bond donors (Lipinski definition) is 1. The zero-order chi connectivity index (χ0) is 22.4. The number of carbonyl (C=O) groups is 4. The van der Waals surface area contributed by atoms with Crippen LogP contribution in [0.4, 0.5) is 15.9 Å². The Bertz CT molecular complexity index is 1130. The van der Waals surface area contributed by atoms with Gasteiger partial charge < -0.3 is 9.80 Å². The molecule has 0 radical (unpaired) electrons. The summed E-state index contributed by atoms with van der Waals surface area (Å²) >= 11 is 0. The van der Waals surface area contributed by atoms with Crippen molar-refractivity contribution in [3.63, 3.8) is 0 Å². The highest BCUT2D eigenvalue weighted by Gasteiger charge is 2.45. The van der Waals surface area contributed by atoms with E-state index in [-0.39, 0.29) is 29.7 Å². The molecule has 4 heterocycles. The summed E-state index contributed by atoms with van der Waals surface area (Å²) < 4.78 is 15.0. The van der Waals surface area contributed by atoms with Crippen molar-refractivity contribution in [1.29, 1.82) is 0 Å². The third-order valence-electron chi connectivity index (χ3n) is 6.00. The summed E-state index contributed by atoms with van der Waals surface area (Å²) in [6.45, 7) is 2.16. The van der Waals surface area contributed by atoms with Gasteiger partial charge in [0.15, 0.2) is 0 Å². The smallest absolute Gasteiger partial charge is 0.262 e. The number of halogens is 1. The Morgan fingerprint density at radius 2 is 1.62 bits per heavy atom. The van der Waals surface area contributed by atoms with Gasteiger partial charge in [0.05, 0.1) is 23.0 Å². The van der Waals surface area contributed by atoms with Crippen molar-refractivity contribution in [2.75, 3.05) is 36.0 Å². The lowest BCUT2D eigenvalue weighted by Crippen LogP contribution is -2.54. The van der Waals surface area contributed by atoms with Crippen molar-refractivity contribution in [3.05, 3.63) is 47.7 Å². The molecule has 5 rings (SSSR count). The van der Waals surface area contributed by atoms with Gasteiger partial charge in [-0.25, -0.2) is 9.37 Å². The van der Waals surface area contributed by atoms with Gasteiger partial charge in [-0.3, -0.25) is 34.4 Å². The first-order valence-corrected chi connectivity index (χ1v) is 10.2. The number of nitrogens with one attached hydrogen (secondary N) is 1. The lowest BCUT2D eigenvalue weighted by Gasteiger charge is -2.36. The quantitative estimate of drug-likeness (QED) is 0.683. The van der Waals surface area contributed by atoms with Gasteiger partial charge in [-0.05, 0) is 18.6 Å². The normalized spacial score (nSPS) is 21.2. The number of amides is 4. The number of benzene rings is 1. The van der Waals surface area contributed by atoms with E-state index in [0.29, 0.717) is 26.2 Å². The van der Waals surface area contributed by atoms with E-state index in [1.165, 1.54) is 6.07 Å². The molecule has 2 saturated heterocycles. The zero-order valence-corrected chi connectivity index (χ0v) is 17.0. The average Bonchev–Trinajstić information content (AvgIpc) is 3.03. The van der Waals surface area contributed by atoms with E-state index in [4.69, 9.17) is 0 Å². The second-order valence-electron chi connectivity index (χ2n) is 7.83. The molecule has 1 aromatic carbocycles. The number of rotatable bonds is 3. The van der Waals surface area contributed by atoms with Gasteiger partial charge >= 0.3 is 0 Å². The van der Waals surface area contributed by atoms with Crippen molar-refractivity contribution >= 4 is 35.1 Å². The third-order valence-corrected chi connectivity index (χ3v) is 6.00. The van der Waals surface area contributed by atoms with Crippen LogP contribution in [0.2, 0.25) is 0 Å². The maximum absolute atomic E-state index is 15.0. The van der Waals surface area contributed by atoms with Crippen molar-refractivity contribution in [1.82, 2.24) is 20.2 Å². The van der Waals surface area contributed by atoms with Crippen LogP contribution in [0.5, 0.6) is 0 Å². The van der Waals surface area contributed by atoms with Crippen LogP contribution in [0.1, 0.15) is 33.6 Å². The zero-order valence-electron chi connectivity index (χ0n) is 17.0. The van der Waals surface area contributed by atoms with Crippen molar-refractivity contribution < 1.29 is 23.6 Å². The van der Waals surface area contributed by atoms with Crippen molar-refractivity contribution in [2.24, 2.45) is 0 Å². The predicted octanol–water partition coefficient (Wildman–Crippen LogP) is 0.344. The van der Waals surface area contributed by atoms with E-state index in [1.54, 1.807) is 18.6 Å². The molecule has 0 spiro atoms. The Labute approximate surface area is 182 Å². The number of imide groups is 2. The Balaban J connectivity index is 1.37. The number of carbonyl (C=O) groups excluding carboxylic acids is 4. The molecule has 1 unspecified atom stereocenters. The molecule has 1 atom stereocenters. The van der Waals surface area contributed by atoms with Gasteiger partial charge in [0.1, 0.15) is 17.7 Å². The first-order valence-electron chi connectivity index (χ1n) is 10.2. The predicted molar refractivity (Wildman–Crippen MR) is 110 cm³/mol. The molecule has 3 aliphatic rings. The molecule has 3 aliphatic heterocycles. The monoisotopic (exact) mass is 438 g/mol. The molecule has 164 valence electrons. The minimum atomic E-state index is -1.08. The summed E-state index contributed by atoms with van der Waals surface area (Å²) in [7, 11) is 0. The minimum absolute atomic E-state index is 0.0273. The lowest BCUT2D eigenvalue weighted by atomic mass is 10.0. The first-order chi connectivity index (χ1) is 15.4. The molecule has 0 aliphatic carbocycles. The summed E-state index contributed by atoms with van der Waals surface area (Å²) in [6, 6.07) is 1.36. The molecular formula is C21H19FN6O4. The van der Waals surface area contributed by atoms with Gasteiger partial charge in [-0.1, -0.05) is 0 Å². The van der Waals surface area contributed by atoms with E-state index >= 15 is 0 Å². The highest BCUT2D eigenvalue weighted by Crippen LogP contribution is 2.33. The molecule has 1 N–H and O–H groups in total. The minimum Gasteiger partial charge on any atom is -0.366 e. The highest BCUT2D eigenvalue weighted by molar-refractivity contribution is 6.23. The topological polar surface area (TPSA) is 116 Å². The highest BCUT2D eigenvalue weighted by atomic mass is 19.1. The fourth-order valence-corrected chi connectivity index (χ4v) is 4.35. The molecule has 0 bridgehead atoms. The van der Waals surface area contributed by atoms with E-state index in [9.17, 15) is 23.6 Å². The van der Waals surface area contributed by atoms with Crippen LogP contribution in [0.3, 0.4) is 0 Å². The molecule has 10 nitrogen and oxygen atoms in total. The van der Waals surface area contributed by atoms with Gasteiger partial charge in [0.25, 0.3) is 11.8 Å². The second-order valence-corrected chi connectivity index (χ2v) is 7.83. The SMILES string of the molecule is O=C1CCC(N2C(=O)c3cc(F)c(N4CCN(c5cnccn5)CC4)cc3C2=O)C(=O)N1. The van der Waals surface area contributed by atoms with Gasteiger partial charge in [0, 0.05) is 45.0 Å². The number of fused-ring (bicyclic) bond motifs is 1. The van der Waals surface area contributed by atoms with Gasteiger partial charge in [0.2, 0.25) is 11.8 Å². The number of piperazine rings is 1. The Hall–Kier alpha value is -3.89. The van der Waals surface area contributed by atoms with Crippen LogP contribution in [-0.2, 0) is 9.59 Å². The standard InChI is InChI=1S/C21H19FN6O4/c22-14-9-12-13(21(32)28(20(12)31)15-1-2-18(29)25-19(15)30)10-16(14)26-5-7-27(8-6-26)17-11-23-3-4-24-17/h3-4,9-11,15H,1-2,5-8H2,(H,25,29,30). The Morgan fingerprint density at radius 1 is 0.938 bits per heavy atom. The molecular weight excluding hydrogens is 419 g/mol. The number of piperidine rings is 1. The van der Waals surface area contributed by atoms with Gasteiger partial charge in [-0.2, -0.15) is 0 Å². The summed E-state index contributed by atoms with van der Waals surface area (Å²) in [6.07, 6.45) is 4.95. The summed E-state index contributed by atoms with van der Waals surface area (Å²) in [5, 5.41) is 2.15. The fourth-order valence-electron chi connectivity index (χ4n) is 4.35. The van der Waals surface area contributed by atoms with Crippen LogP contribution in [0.25, 0.3) is 0 Å². The maximum atomic E-state index is 15.0. The van der Waals surface area contributed by atoms with Crippen LogP contribution in [0, 0.1) is 5.82 Å². The van der Waals surface area contributed by atoms with E-state index in [0.717, 1.165) is 16.8 Å². The molecule has 1 aromatic heterocycles. The van der Waals surface area contributed by atoms with E-state index < -0.39 is 35.5 Å². The summed E-state index contributed by atoms with van der Waals surface area (Å²) in [5.74, 6) is -2.39. The number of aromatic nitrogens is 2. The summed E-state index contributed by atoms with van der Waals surface area (Å²) in [5.41, 5.74) is 0.223. The Kier molecular flexibility index (Phi) is 4.80. The van der Waals surface area contributed by atoms with Gasteiger partial charge in [-0.15, -0.1) is 0 Å². The molecule has 32 heavy (non-hydrogen) atoms. The number of hydrogen-bond acceptors (Lipinski definition) is 8. The third kappa shape index (κ3) is 3.26. The van der Waals surface area contributed by atoms with E-state index in [2.05, 4.69) is 15.3 Å².